The van der Waals surface area contributed by atoms with Crippen LogP contribution < -0.4 is 5.73 Å². The highest BCUT2D eigenvalue weighted by atomic mass is 79.9. The highest BCUT2D eigenvalue weighted by molar-refractivity contribution is 9.10. The van der Waals surface area contributed by atoms with Crippen LogP contribution in [-0.4, -0.2) is 16.2 Å². The summed E-state index contributed by atoms with van der Waals surface area (Å²) in [4.78, 5) is 4.56. The SMILES string of the molecule is CC1(c2nc(Cc3ccc(Br)cc3)no2)CCCC1N. The third kappa shape index (κ3) is 2.52. The Morgan fingerprint density at radius 3 is 2.80 bits per heavy atom. The van der Waals surface area contributed by atoms with Crippen LogP contribution in [0.4, 0.5) is 0 Å². The maximum Gasteiger partial charge on any atom is 0.234 e. The number of benzene rings is 1. The van der Waals surface area contributed by atoms with Gasteiger partial charge in [-0.25, -0.2) is 0 Å². The van der Waals surface area contributed by atoms with Gasteiger partial charge in [0.15, 0.2) is 5.82 Å². The Morgan fingerprint density at radius 1 is 1.40 bits per heavy atom. The van der Waals surface area contributed by atoms with Gasteiger partial charge in [-0.1, -0.05) is 39.6 Å². The first-order valence-corrected chi connectivity index (χ1v) is 7.70. The standard InChI is InChI=1S/C15H18BrN3O/c1-15(8-2-3-12(15)17)14-18-13(19-20-14)9-10-4-6-11(16)7-5-10/h4-7,12H,2-3,8-9,17H2,1H3. The van der Waals surface area contributed by atoms with E-state index >= 15 is 0 Å². The van der Waals surface area contributed by atoms with Crippen molar-refractivity contribution in [1.29, 1.82) is 0 Å². The number of nitrogens with two attached hydrogens (primary N) is 1. The molecule has 1 aromatic heterocycles. The molecule has 1 saturated carbocycles. The molecule has 2 atom stereocenters. The molecule has 0 radical (unpaired) electrons. The van der Waals surface area contributed by atoms with Crippen molar-refractivity contribution >= 4 is 15.9 Å². The Bertz CT molecular complexity index is 595. The Kier molecular flexibility index (Phi) is 3.65. The van der Waals surface area contributed by atoms with Gasteiger partial charge in [0, 0.05) is 16.9 Å². The summed E-state index contributed by atoms with van der Waals surface area (Å²) in [6, 6.07) is 8.27. The summed E-state index contributed by atoms with van der Waals surface area (Å²) in [7, 11) is 0. The molecule has 0 spiro atoms. The Hall–Kier alpha value is -1.20. The van der Waals surface area contributed by atoms with E-state index in [2.05, 4.69) is 45.1 Å². The van der Waals surface area contributed by atoms with Crippen molar-refractivity contribution in [3.8, 4) is 0 Å². The molecule has 1 aliphatic carbocycles. The van der Waals surface area contributed by atoms with E-state index in [1.807, 2.05) is 12.1 Å². The Balaban J connectivity index is 1.78. The minimum Gasteiger partial charge on any atom is -0.339 e. The Labute approximate surface area is 126 Å². The molecule has 5 heteroatoms. The molecular formula is C15H18BrN3O. The molecule has 4 nitrogen and oxygen atoms in total. The van der Waals surface area contributed by atoms with Crippen molar-refractivity contribution in [2.45, 2.75) is 44.1 Å². The third-order valence-corrected chi connectivity index (χ3v) is 4.79. The van der Waals surface area contributed by atoms with Crippen LogP contribution in [0.2, 0.25) is 0 Å². The Morgan fingerprint density at radius 2 is 2.15 bits per heavy atom. The minimum absolute atomic E-state index is 0.114. The van der Waals surface area contributed by atoms with Crippen molar-refractivity contribution in [2.24, 2.45) is 5.73 Å². The quantitative estimate of drug-likeness (QED) is 0.935. The molecule has 1 fully saturated rings. The van der Waals surface area contributed by atoms with Gasteiger partial charge < -0.3 is 10.3 Å². The van der Waals surface area contributed by atoms with E-state index in [-0.39, 0.29) is 11.5 Å². The topological polar surface area (TPSA) is 64.9 Å². The molecule has 1 heterocycles. The van der Waals surface area contributed by atoms with Crippen LogP contribution >= 0.6 is 15.9 Å². The van der Waals surface area contributed by atoms with Crippen molar-refractivity contribution in [3.05, 3.63) is 46.0 Å². The van der Waals surface area contributed by atoms with Gasteiger partial charge in [0.1, 0.15) is 0 Å². The van der Waals surface area contributed by atoms with Crippen LogP contribution in [0.5, 0.6) is 0 Å². The molecule has 106 valence electrons. The molecular weight excluding hydrogens is 318 g/mol. The van der Waals surface area contributed by atoms with Crippen LogP contribution in [0, 0.1) is 0 Å². The lowest BCUT2D eigenvalue weighted by atomic mass is 9.85. The fourth-order valence-corrected chi connectivity index (χ4v) is 3.07. The fourth-order valence-electron chi connectivity index (χ4n) is 2.80. The van der Waals surface area contributed by atoms with E-state index in [1.54, 1.807) is 0 Å². The van der Waals surface area contributed by atoms with Gasteiger partial charge in [0.05, 0.1) is 5.41 Å². The van der Waals surface area contributed by atoms with Gasteiger partial charge in [0.25, 0.3) is 0 Å². The second-order valence-electron chi connectivity index (χ2n) is 5.74. The normalized spacial score (nSPS) is 26.1. The zero-order chi connectivity index (χ0) is 14.2. The van der Waals surface area contributed by atoms with Crippen molar-refractivity contribution in [1.82, 2.24) is 10.1 Å². The molecule has 1 aromatic carbocycles. The largest absolute Gasteiger partial charge is 0.339 e. The molecule has 3 rings (SSSR count). The lowest BCUT2D eigenvalue weighted by molar-refractivity contribution is 0.276. The van der Waals surface area contributed by atoms with Crippen molar-refractivity contribution in [3.63, 3.8) is 0 Å². The summed E-state index contributed by atoms with van der Waals surface area (Å²) < 4.78 is 6.54. The molecule has 0 bridgehead atoms. The zero-order valence-corrected chi connectivity index (χ0v) is 13.1. The number of hydrogen-bond acceptors (Lipinski definition) is 4. The third-order valence-electron chi connectivity index (χ3n) is 4.26. The van der Waals surface area contributed by atoms with Gasteiger partial charge in [-0.3, -0.25) is 0 Å². The summed E-state index contributed by atoms with van der Waals surface area (Å²) in [5.41, 5.74) is 7.20. The van der Waals surface area contributed by atoms with E-state index in [4.69, 9.17) is 10.3 Å². The minimum atomic E-state index is -0.162. The second-order valence-corrected chi connectivity index (χ2v) is 6.65. The average Bonchev–Trinajstić information content (AvgIpc) is 3.02. The number of halogens is 1. The van der Waals surface area contributed by atoms with Crippen LogP contribution in [0.15, 0.2) is 33.3 Å². The summed E-state index contributed by atoms with van der Waals surface area (Å²) in [6.45, 7) is 2.13. The number of rotatable bonds is 3. The van der Waals surface area contributed by atoms with E-state index in [9.17, 15) is 0 Å². The first-order chi connectivity index (χ1) is 9.58. The molecule has 0 aliphatic heterocycles. The van der Waals surface area contributed by atoms with E-state index in [1.165, 1.54) is 5.56 Å². The highest BCUT2D eigenvalue weighted by Crippen LogP contribution is 2.38. The summed E-state index contributed by atoms with van der Waals surface area (Å²) >= 11 is 3.43. The summed E-state index contributed by atoms with van der Waals surface area (Å²) in [5, 5.41) is 4.10. The second kappa shape index (κ2) is 5.30. The van der Waals surface area contributed by atoms with Gasteiger partial charge >= 0.3 is 0 Å². The van der Waals surface area contributed by atoms with Crippen LogP contribution in [0.3, 0.4) is 0 Å². The number of aromatic nitrogens is 2. The molecule has 2 N–H and O–H groups in total. The fraction of sp³-hybridized carbons (Fsp3) is 0.467. The van der Waals surface area contributed by atoms with E-state index < -0.39 is 0 Å². The van der Waals surface area contributed by atoms with Crippen LogP contribution in [-0.2, 0) is 11.8 Å². The van der Waals surface area contributed by atoms with Gasteiger partial charge in [0.2, 0.25) is 5.89 Å². The lowest BCUT2D eigenvalue weighted by Crippen LogP contribution is -2.38. The first kappa shape index (κ1) is 13.8. The van der Waals surface area contributed by atoms with Crippen molar-refractivity contribution in [2.75, 3.05) is 0 Å². The van der Waals surface area contributed by atoms with Gasteiger partial charge in [-0.05, 0) is 37.5 Å². The van der Waals surface area contributed by atoms with E-state index in [0.29, 0.717) is 12.3 Å². The van der Waals surface area contributed by atoms with Gasteiger partial charge in [-0.2, -0.15) is 4.98 Å². The predicted molar refractivity (Wildman–Crippen MR) is 80.4 cm³/mol. The molecule has 0 saturated heterocycles. The lowest BCUT2D eigenvalue weighted by Gasteiger charge is -2.23. The number of hydrogen-bond donors (Lipinski definition) is 1. The van der Waals surface area contributed by atoms with E-state index in [0.717, 1.165) is 29.6 Å². The molecule has 1 aliphatic rings. The highest BCUT2D eigenvalue weighted by Gasteiger charge is 2.42. The molecule has 2 aromatic rings. The van der Waals surface area contributed by atoms with Crippen LogP contribution in [0.1, 0.15) is 43.5 Å². The molecule has 20 heavy (non-hydrogen) atoms. The average molecular weight is 336 g/mol. The number of nitrogens with zero attached hydrogens (tertiary/aromatic N) is 2. The summed E-state index contributed by atoms with van der Waals surface area (Å²) in [5.74, 6) is 1.41. The molecule has 2 unspecified atom stereocenters. The smallest absolute Gasteiger partial charge is 0.234 e. The maximum absolute atomic E-state index is 6.19. The summed E-state index contributed by atoms with van der Waals surface area (Å²) in [6.07, 6.45) is 3.86. The first-order valence-electron chi connectivity index (χ1n) is 6.91. The van der Waals surface area contributed by atoms with Gasteiger partial charge in [-0.15, -0.1) is 0 Å². The predicted octanol–water partition coefficient (Wildman–Crippen LogP) is 3.19. The maximum atomic E-state index is 6.19. The van der Waals surface area contributed by atoms with Crippen molar-refractivity contribution < 1.29 is 4.52 Å². The zero-order valence-electron chi connectivity index (χ0n) is 11.5. The van der Waals surface area contributed by atoms with Crippen LogP contribution in [0.25, 0.3) is 0 Å². The monoisotopic (exact) mass is 335 g/mol. The molecule has 0 amide bonds.